The van der Waals surface area contributed by atoms with E-state index in [1.165, 1.54) is 5.56 Å². The first-order valence-corrected chi connectivity index (χ1v) is 7.22. The third-order valence-electron chi connectivity index (χ3n) is 3.11. The van der Waals surface area contributed by atoms with E-state index in [1.807, 2.05) is 18.2 Å². The van der Waals surface area contributed by atoms with Gasteiger partial charge >= 0.3 is 0 Å². The molecule has 0 saturated heterocycles. The summed E-state index contributed by atoms with van der Waals surface area (Å²) in [6, 6.07) is 8.19. The molecule has 1 unspecified atom stereocenters. The minimum absolute atomic E-state index is 0.285. The summed E-state index contributed by atoms with van der Waals surface area (Å²) in [4.78, 5) is 0. The van der Waals surface area contributed by atoms with Crippen molar-refractivity contribution in [3.8, 4) is 5.75 Å². The van der Waals surface area contributed by atoms with Gasteiger partial charge in [0.25, 0.3) is 5.22 Å². The summed E-state index contributed by atoms with van der Waals surface area (Å²) in [7, 11) is 0. The monoisotopic (exact) mass is 277 g/mol. The standard InChI is InChI=1S/C13H15N3O2S/c14-7-12-15-16-13(18-12)19-8-9-5-6-17-11-4-2-1-3-10(9)11/h1-4,9H,5-8,14H2. The molecule has 0 spiro atoms. The molecule has 1 aromatic carbocycles. The van der Waals surface area contributed by atoms with Crippen molar-refractivity contribution in [3.63, 3.8) is 0 Å². The summed E-state index contributed by atoms with van der Waals surface area (Å²) in [6.07, 6.45) is 1.02. The molecule has 1 atom stereocenters. The lowest BCUT2D eigenvalue weighted by Crippen LogP contribution is -2.15. The molecule has 5 nitrogen and oxygen atoms in total. The Morgan fingerprint density at radius 3 is 3.05 bits per heavy atom. The molecule has 0 saturated carbocycles. The predicted molar refractivity (Wildman–Crippen MR) is 72.2 cm³/mol. The first kappa shape index (κ1) is 12.5. The number of nitrogens with zero attached hydrogens (tertiary/aromatic N) is 2. The quantitative estimate of drug-likeness (QED) is 0.863. The number of fused-ring (bicyclic) bond motifs is 1. The predicted octanol–water partition coefficient (Wildman–Crippen LogP) is 2.19. The second-order valence-corrected chi connectivity index (χ2v) is 5.32. The fraction of sp³-hybridized carbons (Fsp3) is 0.385. The molecular formula is C13H15N3O2S. The van der Waals surface area contributed by atoms with E-state index in [0.717, 1.165) is 24.5 Å². The minimum Gasteiger partial charge on any atom is -0.493 e. The molecule has 1 aliphatic rings. The highest BCUT2D eigenvalue weighted by atomic mass is 32.2. The molecule has 100 valence electrons. The van der Waals surface area contributed by atoms with Crippen LogP contribution in [0.1, 0.15) is 23.8 Å². The fourth-order valence-electron chi connectivity index (χ4n) is 2.14. The smallest absolute Gasteiger partial charge is 0.276 e. The molecule has 2 heterocycles. The van der Waals surface area contributed by atoms with Gasteiger partial charge in [0.05, 0.1) is 13.2 Å². The van der Waals surface area contributed by atoms with Crippen LogP contribution in [0.2, 0.25) is 0 Å². The van der Waals surface area contributed by atoms with Gasteiger partial charge in [-0.2, -0.15) is 0 Å². The van der Waals surface area contributed by atoms with Crippen molar-refractivity contribution in [1.82, 2.24) is 10.2 Å². The Bertz CT molecular complexity index is 558. The lowest BCUT2D eigenvalue weighted by atomic mass is 9.95. The summed E-state index contributed by atoms with van der Waals surface area (Å²) in [5.74, 6) is 2.85. The van der Waals surface area contributed by atoms with E-state index in [-0.39, 0.29) is 6.54 Å². The van der Waals surface area contributed by atoms with Gasteiger partial charge in [-0.3, -0.25) is 0 Å². The topological polar surface area (TPSA) is 74.2 Å². The van der Waals surface area contributed by atoms with Gasteiger partial charge in [0.2, 0.25) is 5.89 Å². The molecule has 0 bridgehead atoms. The lowest BCUT2D eigenvalue weighted by molar-refractivity contribution is 0.273. The number of rotatable bonds is 4. The average molecular weight is 277 g/mol. The van der Waals surface area contributed by atoms with Crippen LogP contribution in [0.25, 0.3) is 0 Å². The van der Waals surface area contributed by atoms with E-state index in [2.05, 4.69) is 16.3 Å². The number of benzene rings is 1. The Hall–Kier alpha value is -1.53. The van der Waals surface area contributed by atoms with Crippen LogP contribution in [0.5, 0.6) is 5.75 Å². The van der Waals surface area contributed by atoms with E-state index in [0.29, 0.717) is 17.0 Å². The zero-order valence-electron chi connectivity index (χ0n) is 10.4. The Balaban J connectivity index is 1.68. The van der Waals surface area contributed by atoms with E-state index >= 15 is 0 Å². The molecule has 3 rings (SSSR count). The maximum Gasteiger partial charge on any atom is 0.276 e. The third-order valence-corrected chi connectivity index (χ3v) is 4.09. The molecular weight excluding hydrogens is 262 g/mol. The number of hydrogen-bond donors (Lipinski definition) is 1. The van der Waals surface area contributed by atoms with Crippen LogP contribution >= 0.6 is 11.8 Å². The third kappa shape index (κ3) is 2.74. The van der Waals surface area contributed by atoms with Gasteiger partial charge in [-0.15, -0.1) is 10.2 Å². The van der Waals surface area contributed by atoms with Crippen molar-refractivity contribution in [2.24, 2.45) is 5.73 Å². The van der Waals surface area contributed by atoms with Gasteiger partial charge in [-0.25, -0.2) is 0 Å². The van der Waals surface area contributed by atoms with Crippen molar-refractivity contribution in [3.05, 3.63) is 35.7 Å². The molecule has 0 amide bonds. The van der Waals surface area contributed by atoms with Crippen molar-refractivity contribution < 1.29 is 9.15 Å². The number of ether oxygens (including phenoxy) is 1. The summed E-state index contributed by atoms with van der Waals surface area (Å²) < 4.78 is 11.0. The van der Waals surface area contributed by atoms with E-state index < -0.39 is 0 Å². The number of nitrogens with two attached hydrogens (primary N) is 1. The normalized spacial score (nSPS) is 17.8. The molecule has 2 N–H and O–H groups in total. The highest BCUT2D eigenvalue weighted by Crippen LogP contribution is 2.36. The van der Waals surface area contributed by atoms with Gasteiger partial charge in [0.15, 0.2) is 0 Å². The van der Waals surface area contributed by atoms with Crippen LogP contribution in [0, 0.1) is 0 Å². The van der Waals surface area contributed by atoms with E-state index in [9.17, 15) is 0 Å². The molecule has 0 fully saturated rings. The Labute approximate surface area is 115 Å². The Morgan fingerprint density at radius 1 is 1.32 bits per heavy atom. The van der Waals surface area contributed by atoms with Crippen LogP contribution in [-0.4, -0.2) is 22.6 Å². The van der Waals surface area contributed by atoms with E-state index in [1.54, 1.807) is 11.8 Å². The fourth-order valence-corrected chi connectivity index (χ4v) is 3.08. The van der Waals surface area contributed by atoms with Crippen LogP contribution in [-0.2, 0) is 6.54 Å². The number of thioether (sulfide) groups is 1. The second kappa shape index (κ2) is 5.63. The summed E-state index contributed by atoms with van der Waals surface area (Å²) in [6.45, 7) is 1.05. The largest absolute Gasteiger partial charge is 0.493 e. The zero-order chi connectivity index (χ0) is 13.1. The maximum absolute atomic E-state index is 5.65. The van der Waals surface area contributed by atoms with Gasteiger partial charge in [0, 0.05) is 11.7 Å². The van der Waals surface area contributed by atoms with Gasteiger partial charge < -0.3 is 14.9 Å². The maximum atomic E-state index is 5.65. The molecule has 19 heavy (non-hydrogen) atoms. The molecule has 0 radical (unpaired) electrons. The van der Waals surface area contributed by atoms with Crippen LogP contribution in [0.3, 0.4) is 0 Å². The van der Waals surface area contributed by atoms with Crippen molar-refractivity contribution in [2.45, 2.75) is 24.1 Å². The molecule has 6 heteroatoms. The van der Waals surface area contributed by atoms with E-state index in [4.69, 9.17) is 14.9 Å². The van der Waals surface area contributed by atoms with Crippen molar-refractivity contribution in [1.29, 1.82) is 0 Å². The number of para-hydroxylation sites is 1. The second-order valence-electron chi connectivity index (χ2n) is 4.35. The molecule has 1 aromatic heterocycles. The van der Waals surface area contributed by atoms with Crippen LogP contribution < -0.4 is 10.5 Å². The SMILES string of the molecule is NCc1nnc(SCC2CCOc3ccccc32)o1. The summed E-state index contributed by atoms with van der Waals surface area (Å²) >= 11 is 1.58. The highest BCUT2D eigenvalue weighted by molar-refractivity contribution is 7.99. The zero-order valence-corrected chi connectivity index (χ0v) is 11.2. The lowest BCUT2D eigenvalue weighted by Gasteiger charge is -2.25. The highest BCUT2D eigenvalue weighted by Gasteiger charge is 2.21. The summed E-state index contributed by atoms with van der Waals surface area (Å²) in [5, 5.41) is 8.41. The van der Waals surface area contributed by atoms with Crippen LogP contribution in [0.4, 0.5) is 0 Å². The average Bonchev–Trinajstić information content (AvgIpc) is 2.93. The molecule has 0 aliphatic carbocycles. The first-order valence-electron chi connectivity index (χ1n) is 6.24. The minimum atomic E-state index is 0.285. The van der Waals surface area contributed by atoms with Crippen molar-refractivity contribution in [2.75, 3.05) is 12.4 Å². The van der Waals surface area contributed by atoms with Crippen molar-refractivity contribution >= 4 is 11.8 Å². The number of aromatic nitrogens is 2. The Kier molecular flexibility index (Phi) is 3.70. The van der Waals surface area contributed by atoms with Gasteiger partial charge in [-0.1, -0.05) is 30.0 Å². The summed E-state index contributed by atoms with van der Waals surface area (Å²) in [5.41, 5.74) is 6.71. The van der Waals surface area contributed by atoms with Gasteiger partial charge in [-0.05, 0) is 18.1 Å². The molecule has 1 aliphatic heterocycles. The first-order chi connectivity index (χ1) is 9.36. The van der Waals surface area contributed by atoms with Gasteiger partial charge in [0.1, 0.15) is 5.75 Å². The molecule has 2 aromatic rings. The number of hydrogen-bond acceptors (Lipinski definition) is 6. The Morgan fingerprint density at radius 2 is 2.21 bits per heavy atom. The van der Waals surface area contributed by atoms with Crippen LogP contribution in [0.15, 0.2) is 33.9 Å².